The van der Waals surface area contributed by atoms with Crippen molar-refractivity contribution in [3.05, 3.63) is 33.1 Å². The summed E-state index contributed by atoms with van der Waals surface area (Å²) in [6.07, 6.45) is -3.25. The first-order chi connectivity index (χ1) is 17.1. The highest BCUT2D eigenvalue weighted by atomic mass is 31.2. The van der Waals surface area contributed by atoms with Gasteiger partial charge in [-0.25, -0.2) is 19.4 Å². The normalized spacial score (nSPS) is 28.8. The molecule has 0 radical (unpaired) electrons. The van der Waals surface area contributed by atoms with Crippen LogP contribution in [0.3, 0.4) is 0 Å². The van der Waals surface area contributed by atoms with E-state index >= 15 is 4.39 Å². The van der Waals surface area contributed by atoms with Crippen molar-refractivity contribution in [1.82, 2.24) is 19.7 Å². The molecule has 2 rings (SSSR count). The number of hydrogen-bond acceptors (Lipinski definition) is 11. The first-order valence-corrected chi connectivity index (χ1v) is 12.9. The van der Waals surface area contributed by atoms with E-state index in [1.54, 1.807) is 13.8 Å². The van der Waals surface area contributed by atoms with Gasteiger partial charge in [-0.15, -0.1) is 0 Å². The molecule has 2 heterocycles. The van der Waals surface area contributed by atoms with Gasteiger partial charge in [-0.1, -0.05) is 0 Å². The standard InChI is InChI=1S/C20H32FN4O11P/c1-6-33-14(27)11(3)23-37(32,24-12(4)15(28)34-7-2)35-10-20(21)16(29)19(5,31)17(36-20)25-9-8-13(26)22-18(25)30/h8-9,11-12,16-17,29,31H,6-7,10H2,1-5H3,(H,22,26,30)(H2,23,24,32). The average molecular weight is 554 g/mol. The number of alkyl halides is 1. The van der Waals surface area contributed by atoms with E-state index in [0.29, 0.717) is 4.57 Å². The van der Waals surface area contributed by atoms with Crippen molar-refractivity contribution in [2.45, 2.75) is 70.5 Å². The summed E-state index contributed by atoms with van der Waals surface area (Å²) < 4.78 is 50.0. The molecule has 0 bridgehead atoms. The monoisotopic (exact) mass is 554 g/mol. The zero-order chi connectivity index (χ0) is 28.2. The molecular formula is C20H32FN4O11P. The Morgan fingerprint density at radius 2 is 1.73 bits per heavy atom. The van der Waals surface area contributed by atoms with Crippen LogP contribution >= 0.6 is 7.67 Å². The number of carbonyl (C=O) groups is 2. The zero-order valence-electron chi connectivity index (χ0n) is 20.9. The Morgan fingerprint density at radius 1 is 1.22 bits per heavy atom. The van der Waals surface area contributed by atoms with Crippen molar-refractivity contribution in [3.63, 3.8) is 0 Å². The van der Waals surface area contributed by atoms with Crippen molar-refractivity contribution in [2.75, 3.05) is 19.8 Å². The van der Waals surface area contributed by atoms with E-state index in [1.165, 1.54) is 13.8 Å². The summed E-state index contributed by atoms with van der Waals surface area (Å²) in [6, 6.07) is -1.60. The van der Waals surface area contributed by atoms with Crippen molar-refractivity contribution >= 4 is 19.6 Å². The predicted octanol–water partition coefficient (Wildman–Crippen LogP) is -0.950. The summed E-state index contributed by atoms with van der Waals surface area (Å²) in [4.78, 5) is 49.5. The van der Waals surface area contributed by atoms with Crippen LogP contribution in [0.4, 0.5) is 4.39 Å². The highest BCUT2D eigenvalue weighted by Gasteiger charge is 2.63. The van der Waals surface area contributed by atoms with E-state index in [1.807, 2.05) is 4.98 Å². The highest BCUT2D eigenvalue weighted by Crippen LogP contribution is 2.48. The van der Waals surface area contributed by atoms with Crippen molar-refractivity contribution in [3.8, 4) is 0 Å². The smallest absolute Gasteiger partial charge is 0.342 e. The van der Waals surface area contributed by atoms with E-state index in [4.69, 9.17) is 18.7 Å². The van der Waals surface area contributed by atoms with Crippen LogP contribution in [0.25, 0.3) is 0 Å². The van der Waals surface area contributed by atoms with Gasteiger partial charge in [-0.2, -0.15) is 0 Å². The van der Waals surface area contributed by atoms with Gasteiger partial charge >= 0.3 is 25.3 Å². The minimum Gasteiger partial charge on any atom is -0.465 e. The number of aromatic nitrogens is 2. The van der Waals surface area contributed by atoms with Crippen LogP contribution in [0.2, 0.25) is 0 Å². The summed E-state index contributed by atoms with van der Waals surface area (Å²) >= 11 is 0. The third-order valence-electron chi connectivity index (χ3n) is 5.32. The van der Waals surface area contributed by atoms with Gasteiger partial charge in [-0.3, -0.25) is 33.0 Å². The van der Waals surface area contributed by atoms with Crippen LogP contribution in [0.15, 0.2) is 21.9 Å². The Labute approximate surface area is 210 Å². The molecule has 1 aromatic heterocycles. The van der Waals surface area contributed by atoms with Gasteiger partial charge in [0.2, 0.25) is 0 Å². The fourth-order valence-corrected chi connectivity index (χ4v) is 5.26. The number of aromatic amines is 1. The molecule has 1 saturated heterocycles. The number of esters is 2. The van der Waals surface area contributed by atoms with E-state index in [2.05, 4.69) is 10.2 Å². The molecule has 37 heavy (non-hydrogen) atoms. The topological polar surface area (TPSA) is 208 Å². The number of nitrogens with one attached hydrogen (secondary N) is 3. The summed E-state index contributed by atoms with van der Waals surface area (Å²) in [5, 5.41) is 25.9. The lowest BCUT2D eigenvalue weighted by Gasteiger charge is -2.30. The Kier molecular flexibility index (Phi) is 9.93. The van der Waals surface area contributed by atoms with Crippen LogP contribution < -0.4 is 21.4 Å². The first kappa shape index (κ1) is 30.8. The van der Waals surface area contributed by atoms with Gasteiger partial charge in [0.15, 0.2) is 6.23 Å². The molecule has 5 N–H and O–H groups in total. The first-order valence-electron chi connectivity index (χ1n) is 11.3. The molecule has 1 aliphatic rings. The van der Waals surface area contributed by atoms with Crippen LogP contribution in [0.5, 0.6) is 0 Å². The largest absolute Gasteiger partial charge is 0.465 e. The molecular weight excluding hydrogens is 522 g/mol. The van der Waals surface area contributed by atoms with Crippen LogP contribution in [-0.4, -0.2) is 81.2 Å². The average Bonchev–Trinajstić information content (AvgIpc) is 2.98. The maximum atomic E-state index is 15.8. The molecule has 6 unspecified atom stereocenters. The van der Waals surface area contributed by atoms with E-state index in [9.17, 15) is 34.0 Å². The summed E-state index contributed by atoms with van der Waals surface area (Å²) in [7, 11) is -4.49. The Hall–Kier alpha value is -2.46. The van der Waals surface area contributed by atoms with Gasteiger partial charge in [0, 0.05) is 12.3 Å². The Balaban J connectivity index is 2.32. The maximum Gasteiger partial charge on any atom is 0.342 e. The van der Waals surface area contributed by atoms with Gasteiger partial charge in [0.05, 0.1) is 13.2 Å². The lowest BCUT2D eigenvalue weighted by atomic mass is 9.95. The van der Waals surface area contributed by atoms with E-state index < -0.39 is 73.3 Å². The molecule has 0 aromatic carbocycles. The van der Waals surface area contributed by atoms with Gasteiger partial charge in [0.25, 0.3) is 11.4 Å². The second-order valence-electron chi connectivity index (χ2n) is 8.43. The Bertz CT molecular complexity index is 1110. The molecule has 1 fully saturated rings. The summed E-state index contributed by atoms with van der Waals surface area (Å²) in [5.74, 6) is -4.91. The second kappa shape index (κ2) is 11.9. The van der Waals surface area contributed by atoms with Crippen molar-refractivity contribution < 1.29 is 47.5 Å². The van der Waals surface area contributed by atoms with Gasteiger partial charge in [0.1, 0.15) is 30.4 Å². The predicted molar refractivity (Wildman–Crippen MR) is 124 cm³/mol. The Morgan fingerprint density at radius 3 is 2.19 bits per heavy atom. The molecule has 210 valence electrons. The molecule has 1 aromatic rings. The highest BCUT2D eigenvalue weighted by molar-refractivity contribution is 7.54. The zero-order valence-corrected chi connectivity index (χ0v) is 21.8. The van der Waals surface area contributed by atoms with Crippen molar-refractivity contribution in [2.24, 2.45) is 0 Å². The fourth-order valence-electron chi connectivity index (χ4n) is 3.44. The molecule has 0 spiro atoms. The third-order valence-corrected chi connectivity index (χ3v) is 7.27. The second-order valence-corrected chi connectivity index (χ2v) is 10.3. The van der Waals surface area contributed by atoms with Crippen LogP contribution in [0.1, 0.15) is 40.8 Å². The number of aliphatic hydroxyl groups excluding tert-OH is 1. The molecule has 0 aliphatic carbocycles. The fraction of sp³-hybridized carbons (Fsp3) is 0.700. The van der Waals surface area contributed by atoms with Crippen LogP contribution in [0, 0.1) is 0 Å². The SMILES string of the molecule is CCOC(=O)C(C)NP(=O)(NC(C)C(=O)OCC)OCC1(F)OC(n2ccc(=O)[nH]c2=O)C(C)(O)C1O. The molecule has 6 atom stereocenters. The number of carbonyl (C=O) groups excluding carboxylic acids is 2. The number of aliphatic hydroxyl groups is 2. The lowest BCUT2D eigenvalue weighted by molar-refractivity contribution is -0.203. The number of H-pyrrole nitrogens is 1. The number of rotatable bonds is 12. The number of nitrogens with zero attached hydrogens (tertiary/aromatic N) is 1. The number of halogens is 1. The molecule has 0 saturated carbocycles. The van der Waals surface area contributed by atoms with E-state index in [-0.39, 0.29) is 13.2 Å². The minimum absolute atomic E-state index is 0.0108. The molecule has 0 amide bonds. The van der Waals surface area contributed by atoms with E-state index in [0.717, 1.165) is 19.2 Å². The number of hydrogen-bond donors (Lipinski definition) is 5. The molecule has 1 aliphatic heterocycles. The van der Waals surface area contributed by atoms with Crippen molar-refractivity contribution in [1.29, 1.82) is 0 Å². The molecule has 15 nitrogen and oxygen atoms in total. The van der Waals surface area contributed by atoms with Gasteiger partial charge in [-0.05, 0) is 34.6 Å². The van der Waals surface area contributed by atoms with Gasteiger partial charge < -0.3 is 24.4 Å². The summed E-state index contributed by atoms with van der Waals surface area (Å²) in [6.45, 7) is 5.34. The lowest BCUT2D eigenvalue weighted by Crippen LogP contribution is -2.50. The molecule has 17 heteroatoms. The summed E-state index contributed by atoms with van der Waals surface area (Å²) in [5.41, 5.74) is -4.25. The number of ether oxygens (including phenoxy) is 3. The van der Waals surface area contributed by atoms with Crippen LogP contribution in [-0.2, 0) is 32.9 Å². The minimum atomic E-state index is -4.49. The quantitative estimate of drug-likeness (QED) is 0.156. The maximum absolute atomic E-state index is 15.8. The third kappa shape index (κ3) is 7.10.